The summed E-state index contributed by atoms with van der Waals surface area (Å²) in [6, 6.07) is 38.5. The van der Waals surface area contributed by atoms with E-state index in [4.69, 9.17) is 0 Å². The molecule has 1 radical (unpaired) electrons. The Balaban J connectivity index is 0.000000187. The summed E-state index contributed by atoms with van der Waals surface area (Å²) in [4.78, 5) is 0. The van der Waals surface area contributed by atoms with Crippen molar-refractivity contribution in [1.82, 2.24) is 0 Å². The van der Waals surface area contributed by atoms with Crippen LogP contribution in [0.15, 0.2) is 109 Å². The second kappa shape index (κ2) is 15.5. The molecule has 0 aliphatic heterocycles. The predicted molar refractivity (Wildman–Crippen MR) is 155 cm³/mol. The minimum absolute atomic E-state index is 0. The van der Waals surface area contributed by atoms with E-state index in [0.717, 1.165) is 12.8 Å². The fourth-order valence-electron chi connectivity index (χ4n) is 3.81. The zero-order chi connectivity index (χ0) is 24.2. The maximum absolute atomic E-state index is 3.60. The van der Waals surface area contributed by atoms with Crippen LogP contribution in [0.5, 0.6) is 0 Å². The van der Waals surface area contributed by atoms with Crippen LogP contribution in [0.4, 0.5) is 0 Å². The predicted octanol–water partition coefficient (Wildman–Crippen LogP) is 10.7. The Morgan fingerprint density at radius 2 is 0.657 bits per heavy atom. The molecule has 179 valence electrons. The number of hydrogen-bond donors (Lipinski definition) is 0. The Kier molecular flexibility index (Phi) is 12.7. The monoisotopic (exact) mass is 489 g/mol. The van der Waals surface area contributed by atoms with Crippen molar-refractivity contribution < 1.29 is 25.8 Å². The maximum atomic E-state index is 3.60. The zero-order valence-corrected chi connectivity index (χ0v) is 23.0. The summed E-state index contributed by atoms with van der Waals surface area (Å²) in [6.07, 6.45) is 4.56. The van der Waals surface area contributed by atoms with E-state index in [1.807, 2.05) is 0 Å². The summed E-state index contributed by atoms with van der Waals surface area (Å²) in [5.41, 5.74) is 0. The van der Waals surface area contributed by atoms with Crippen LogP contribution in [0.2, 0.25) is 0 Å². The van der Waals surface area contributed by atoms with Crippen molar-refractivity contribution in [2.45, 2.75) is 39.5 Å². The molecule has 0 aliphatic carbocycles. The molecule has 35 heavy (non-hydrogen) atoms. The molecule has 0 N–H and O–H groups in total. The number of benzene rings is 4. The third kappa shape index (κ3) is 7.74. The molecule has 0 nitrogen and oxygen atoms in total. The van der Waals surface area contributed by atoms with Crippen molar-refractivity contribution in [3.63, 3.8) is 0 Å². The van der Waals surface area contributed by atoms with Gasteiger partial charge in [-0.2, -0.15) is 12.8 Å². The number of unbranched alkanes of at least 4 members (excludes halogenated alkanes) is 2. The Morgan fingerprint density at radius 1 is 0.457 bits per heavy atom. The summed E-state index contributed by atoms with van der Waals surface area (Å²) in [6.45, 7) is 11.4. The van der Waals surface area contributed by atoms with Crippen molar-refractivity contribution in [1.29, 1.82) is 0 Å². The van der Waals surface area contributed by atoms with Crippen molar-refractivity contribution in [3.05, 3.63) is 123 Å². The van der Waals surface area contributed by atoms with Crippen LogP contribution >= 0.6 is 0 Å². The molecule has 0 saturated carbocycles. The molecule has 0 atom stereocenters. The molecule has 0 saturated heterocycles. The summed E-state index contributed by atoms with van der Waals surface area (Å²) >= 11 is 0. The van der Waals surface area contributed by atoms with Gasteiger partial charge in [0.15, 0.2) is 0 Å². The smallest absolute Gasteiger partial charge is 0 e. The van der Waals surface area contributed by atoms with Crippen LogP contribution in [-0.4, -0.2) is 0 Å². The molecule has 6 aromatic rings. The minimum atomic E-state index is 0. The molecule has 0 fully saturated rings. The molecule has 0 aromatic heterocycles. The molecule has 0 aliphatic rings. The van der Waals surface area contributed by atoms with Gasteiger partial charge in [-0.15, -0.1) is 79.5 Å². The molecule has 6 aromatic carbocycles. The SMILES string of the molecule is [CH2-]CCC.[CH2-]CCC.[Sc].c1ccc2c(c1)[cH-]c1ccccc12.c1ccc2c(c1)[cH-]c1ccccc12. The number of hydrogen-bond acceptors (Lipinski definition) is 0. The standard InChI is InChI=1S/2C13H9.2C4H9.Sc/c2*1-3-7-12-10(5-1)9-11-6-2-4-8-13(11)12;2*1-3-4-2;/h2*1-9H;2*1,3-4H2,2H3;/q4*-1;. The number of fused-ring (bicyclic) bond motifs is 6. The third-order valence-electron chi connectivity index (χ3n) is 5.75. The van der Waals surface area contributed by atoms with E-state index in [0.29, 0.717) is 0 Å². The van der Waals surface area contributed by atoms with Gasteiger partial charge in [0.2, 0.25) is 0 Å². The van der Waals surface area contributed by atoms with Gasteiger partial charge in [0.1, 0.15) is 0 Å². The van der Waals surface area contributed by atoms with Crippen molar-refractivity contribution >= 4 is 43.1 Å². The van der Waals surface area contributed by atoms with Crippen LogP contribution in [0.1, 0.15) is 39.5 Å². The first-order valence-corrected chi connectivity index (χ1v) is 12.4. The molecular formula is C34H36Sc-4. The van der Waals surface area contributed by atoms with Gasteiger partial charge in [-0.05, 0) is 0 Å². The fourth-order valence-corrected chi connectivity index (χ4v) is 3.81. The molecule has 0 amide bonds. The zero-order valence-electron chi connectivity index (χ0n) is 21.2. The molecule has 0 unspecified atom stereocenters. The quantitative estimate of drug-likeness (QED) is 0.212. The Morgan fingerprint density at radius 3 is 0.857 bits per heavy atom. The van der Waals surface area contributed by atoms with Gasteiger partial charge >= 0.3 is 0 Å². The van der Waals surface area contributed by atoms with Crippen molar-refractivity contribution in [2.75, 3.05) is 0 Å². The first-order valence-electron chi connectivity index (χ1n) is 12.4. The Hall–Kier alpha value is -2.51. The molecule has 6 rings (SSSR count). The van der Waals surface area contributed by atoms with Gasteiger partial charge in [0.05, 0.1) is 0 Å². The van der Waals surface area contributed by atoms with E-state index >= 15 is 0 Å². The molecule has 0 spiro atoms. The summed E-state index contributed by atoms with van der Waals surface area (Å²) < 4.78 is 0. The van der Waals surface area contributed by atoms with E-state index in [1.165, 1.54) is 55.9 Å². The van der Waals surface area contributed by atoms with Gasteiger partial charge in [-0.25, -0.2) is 0 Å². The molecular weight excluding hydrogens is 453 g/mol. The Labute approximate surface area is 230 Å². The largest absolute Gasteiger partial charge is 0.343 e. The van der Waals surface area contributed by atoms with Crippen LogP contribution in [0.3, 0.4) is 0 Å². The van der Waals surface area contributed by atoms with Crippen LogP contribution in [0.25, 0.3) is 43.1 Å². The van der Waals surface area contributed by atoms with Crippen molar-refractivity contribution in [3.8, 4) is 0 Å². The van der Waals surface area contributed by atoms with Gasteiger partial charge in [0.25, 0.3) is 0 Å². The Bertz CT molecular complexity index is 1190. The van der Waals surface area contributed by atoms with Crippen LogP contribution in [-0.2, 0) is 25.8 Å². The normalized spacial score (nSPS) is 9.94. The van der Waals surface area contributed by atoms with E-state index < -0.39 is 0 Å². The van der Waals surface area contributed by atoms with Crippen LogP contribution in [0, 0.1) is 13.8 Å². The third-order valence-corrected chi connectivity index (χ3v) is 5.75. The molecule has 0 heterocycles. The molecule has 1 heteroatoms. The second-order valence-electron chi connectivity index (χ2n) is 8.34. The fraction of sp³-hybridized carbons (Fsp3) is 0.176. The van der Waals surface area contributed by atoms with E-state index in [-0.39, 0.29) is 25.8 Å². The molecule has 0 bridgehead atoms. The van der Waals surface area contributed by atoms with Crippen molar-refractivity contribution in [2.24, 2.45) is 0 Å². The van der Waals surface area contributed by atoms with Gasteiger partial charge in [-0.1, -0.05) is 99.5 Å². The van der Waals surface area contributed by atoms with Gasteiger partial charge in [-0.3, -0.25) is 0 Å². The summed E-state index contributed by atoms with van der Waals surface area (Å²) in [7, 11) is 0. The summed E-state index contributed by atoms with van der Waals surface area (Å²) in [5.74, 6) is 0. The average Bonchev–Trinajstić information content (AvgIpc) is 3.48. The van der Waals surface area contributed by atoms with Gasteiger partial charge in [0, 0.05) is 25.8 Å². The first-order chi connectivity index (χ1) is 16.7. The van der Waals surface area contributed by atoms with E-state index in [1.54, 1.807) is 0 Å². The van der Waals surface area contributed by atoms with Gasteiger partial charge < -0.3 is 13.8 Å². The topological polar surface area (TPSA) is 0 Å². The minimum Gasteiger partial charge on any atom is -0.343 e. The summed E-state index contributed by atoms with van der Waals surface area (Å²) in [5, 5.41) is 10.8. The number of rotatable bonds is 2. The average molecular weight is 490 g/mol. The second-order valence-corrected chi connectivity index (χ2v) is 8.34. The van der Waals surface area contributed by atoms with E-state index in [2.05, 4.69) is 137 Å². The first kappa shape index (κ1) is 28.7. The van der Waals surface area contributed by atoms with Crippen LogP contribution < -0.4 is 0 Å². The van der Waals surface area contributed by atoms with E-state index in [9.17, 15) is 0 Å². The maximum Gasteiger partial charge on any atom is 0 e.